The molecule has 0 unspecified atom stereocenters. The Bertz CT molecular complexity index is 977. The van der Waals surface area contributed by atoms with Gasteiger partial charge in [-0.05, 0) is 24.3 Å². The van der Waals surface area contributed by atoms with Gasteiger partial charge in [0.25, 0.3) is 6.43 Å². The van der Waals surface area contributed by atoms with Crippen molar-refractivity contribution < 1.29 is 23.2 Å². The molecule has 7 nitrogen and oxygen atoms in total. The number of hydrogen-bond donors (Lipinski definition) is 2. The second-order valence-corrected chi connectivity index (χ2v) is 5.40. The van der Waals surface area contributed by atoms with Crippen LogP contribution in [0.4, 0.5) is 8.78 Å². The topological polar surface area (TPSA) is 101 Å². The van der Waals surface area contributed by atoms with Crippen LogP contribution in [-0.4, -0.2) is 32.2 Å². The van der Waals surface area contributed by atoms with Gasteiger partial charge in [-0.3, -0.25) is 0 Å². The summed E-state index contributed by atoms with van der Waals surface area (Å²) < 4.78 is 31.6. The van der Waals surface area contributed by atoms with Crippen molar-refractivity contribution >= 4 is 24.2 Å². The van der Waals surface area contributed by atoms with E-state index in [0.717, 1.165) is 10.9 Å². The number of hydrogen-bond acceptors (Lipinski definition) is 6. The van der Waals surface area contributed by atoms with Crippen LogP contribution >= 0.6 is 11.6 Å². The number of halogens is 3. The Labute approximate surface area is 144 Å². The molecule has 2 N–H and O–H groups in total. The van der Waals surface area contributed by atoms with E-state index in [9.17, 15) is 13.6 Å². The van der Waals surface area contributed by atoms with Gasteiger partial charge in [-0.15, -0.1) is 5.10 Å². The Balaban J connectivity index is 2.14. The fourth-order valence-electron chi connectivity index (χ4n) is 2.16. The molecule has 0 saturated carbocycles. The normalized spacial score (nSPS) is 11.1. The summed E-state index contributed by atoms with van der Waals surface area (Å²) in [6.45, 7) is 0. The minimum Gasteiger partial charge on any atom is -0.423 e. The van der Waals surface area contributed by atoms with E-state index in [1.165, 1.54) is 30.3 Å². The molecule has 3 rings (SSSR count). The quantitative estimate of drug-likeness (QED) is 0.671. The van der Waals surface area contributed by atoms with E-state index >= 15 is 0 Å². The lowest BCUT2D eigenvalue weighted by atomic mass is 9.81. The van der Waals surface area contributed by atoms with Gasteiger partial charge in [0.05, 0.1) is 17.3 Å². The highest BCUT2D eigenvalue weighted by Crippen LogP contribution is 2.29. The fourth-order valence-corrected chi connectivity index (χ4v) is 2.33. The average molecular weight is 368 g/mol. The molecule has 0 bridgehead atoms. The summed E-state index contributed by atoms with van der Waals surface area (Å²) in [7, 11) is -1.98. The SMILES string of the molecule is O=c1oc(-c2cc(Cl)ccc2-n2cc(C(F)F)nn2)ccc1B(O)O. The van der Waals surface area contributed by atoms with Gasteiger partial charge in [0.1, 0.15) is 11.5 Å². The largest absolute Gasteiger partial charge is 0.495 e. The predicted octanol–water partition coefficient (Wildman–Crippen LogP) is 1.16. The van der Waals surface area contributed by atoms with Crippen LogP contribution in [0.25, 0.3) is 17.0 Å². The third kappa shape index (κ3) is 3.45. The minimum absolute atomic E-state index is 0.0426. The van der Waals surface area contributed by atoms with Gasteiger partial charge in [0.15, 0.2) is 0 Å². The molecule has 0 aliphatic heterocycles. The Morgan fingerprint density at radius 1 is 1.24 bits per heavy atom. The van der Waals surface area contributed by atoms with Crippen molar-refractivity contribution in [3.05, 3.63) is 57.7 Å². The van der Waals surface area contributed by atoms with E-state index < -0.39 is 24.9 Å². The molecule has 0 fully saturated rings. The summed E-state index contributed by atoms with van der Waals surface area (Å²) >= 11 is 5.97. The molecule has 128 valence electrons. The van der Waals surface area contributed by atoms with E-state index in [2.05, 4.69) is 10.3 Å². The smallest absolute Gasteiger partial charge is 0.423 e. The molecule has 0 saturated heterocycles. The van der Waals surface area contributed by atoms with Crippen molar-refractivity contribution in [1.29, 1.82) is 0 Å². The molecule has 0 radical (unpaired) electrons. The highest BCUT2D eigenvalue weighted by Gasteiger charge is 2.20. The van der Waals surface area contributed by atoms with Gasteiger partial charge in [0.2, 0.25) is 0 Å². The highest BCUT2D eigenvalue weighted by molar-refractivity contribution is 6.58. The molecule has 0 spiro atoms. The first-order chi connectivity index (χ1) is 11.9. The van der Waals surface area contributed by atoms with E-state index in [0.29, 0.717) is 10.7 Å². The van der Waals surface area contributed by atoms with Crippen molar-refractivity contribution in [3.8, 4) is 17.0 Å². The van der Waals surface area contributed by atoms with Crippen LogP contribution in [0.3, 0.4) is 0 Å². The van der Waals surface area contributed by atoms with Crippen molar-refractivity contribution in [3.63, 3.8) is 0 Å². The zero-order valence-electron chi connectivity index (χ0n) is 12.3. The van der Waals surface area contributed by atoms with Crippen molar-refractivity contribution in [2.24, 2.45) is 0 Å². The molecule has 3 aromatic rings. The van der Waals surface area contributed by atoms with E-state index in [1.807, 2.05) is 0 Å². The van der Waals surface area contributed by atoms with E-state index in [1.54, 1.807) is 0 Å². The standard InChI is InChI=1S/C14H9BClF2N3O4/c16-7-1-3-11(21-6-10(13(17)18)19-20-21)8(5-7)12-4-2-9(15(23)24)14(22)25-12/h1-6,13,23-24H. The summed E-state index contributed by atoms with van der Waals surface area (Å²) in [5.41, 5.74) is -1.22. The number of benzene rings is 1. The van der Waals surface area contributed by atoms with Gasteiger partial charge in [-0.1, -0.05) is 22.9 Å². The maximum atomic E-state index is 12.7. The predicted molar refractivity (Wildman–Crippen MR) is 85.1 cm³/mol. The zero-order valence-corrected chi connectivity index (χ0v) is 13.1. The highest BCUT2D eigenvalue weighted by atomic mass is 35.5. The monoisotopic (exact) mass is 367 g/mol. The van der Waals surface area contributed by atoms with Gasteiger partial charge in [0, 0.05) is 10.6 Å². The fraction of sp³-hybridized carbons (Fsp3) is 0.0714. The van der Waals surface area contributed by atoms with Crippen LogP contribution in [0, 0.1) is 0 Å². The molecular formula is C14H9BClF2N3O4. The van der Waals surface area contributed by atoms with E-state index in [4.69, 9.17) is 26.1 Å². The second-order valence-electron chi connectivity index (χ2n) is 4.97. The summed E-state index contributed by atoms with van der Waals surface area (Å²) in [6, 6.07) is 6.97. The lowest BCUT2D eigenvalue weighted by molar-refractivity contribution is 0.146. The molecule has 0 atom stereocenters. The molecule has 2 aromatic heterocycles. The third-order valence-electron chi connectivity index (χ3n) is 3.34. The minimum atomic E-state index is -2.78. The molecule has 1 aromatic carbocycles. The number of alkyl halides is 2. The first-order valence-corrected chi connectivity index (χ1v) is 7.25. The Morgan fingerprint density at radius 2 is 2.00 bits per heavy atom. The first-order valence-electron chi connectivity index (χ1n) is 6.87. The molecule has 0 amide bonds. The summed E-state index contributed by atoms with van der Waals surface area (Å²) in [5, 5.41) is 25.5. The zero-order chi connectivity index (χ0) is 18.1. The van der Waals surface area contributed by atoms with Crippen LogP contribution in [0.15, 0.2) is 45.7 Å². The Kier molecular flexibility index (Phi) is 4.66. The molecule has 2 heterocycles. The van der Waals surface area contributed by atoms with Crippen LogP contribution in [0.5, 0.6) is 0 Å². The molecular weight excluding hydrogens is 358 g/mol. The number of aromatic nitrogens is 3. The lowest BCUT2D eigenvalue weighted by Crippen LogP contribution is -2.40. The van der Waals surface area contributed by atoms with Crippen LogP contribution in [0.2, 0.25) is 5.02 Å². The first kappa shape index (κ1) is 17.3. The van der Waals surface area contributed by atoms with Gasteiger partial charge in [-0.2, -0.15) is 0 Å². The van der Waals surface area contributed by atoms with Crippen molar-refractivity contribution in [1.82, 2.24) is 15.0 Å². The summed E-state index contributed by atoms with van der Waals surface area (Å²) in [6.07, 6.45) is -1.74. The van der Waals surface area contributed by atoms with Gasteiger partial charge < -0.3 is 14.5 Å². The number of rotatable bonds is 4. The maximum absolute atomic E-state index is 12.7. The maximum Gasteiger partial charge on any atom is 0.495 e. The lowest BCUT2D eigenvalue weighted by Gasteiger charge is -2.09. The number of nitrogens with zero attached hydrogens (tertiary/aromatic N) is 3. The third-order valence-corrected chi connectivity index (χ3v) is 3.57. The van der Waals surface area contributed by atoms with Gasteiger partial charge in [-0.25, -0.2) is 18.3 Å². The average Bonchev–Trinajstić information content (AvgIpc) is 3.04. The molecule has 0 aliphatic carbocycles. The van der Waals surface area contributed by atoms with E-state index in [-0.39, 0.29) is 16.8 Å². The Hall–Kier alpha value is -2.56. The second kappa shape index (κ2) is 6.75. The van der Waals surface area contributed by atoms with Crippen LogP contribution in [-0.2, 0) is 0 Å². The Morgan fingerprint density at radius 3 is 2.60 bits per heavy atom. The molecule has 25 heavy (non-hydrogen) atoms. The van der Waals surface area contributed by atoms with Crippen molar-refractivity contribution in [2.75, 3.05) is 0 Å². The molecule has 11 heteroatoms. The molecule has 0 aliphatic rings. The summed E-state index contributed by atoms with van der Waals surface area (Å²) in [5.74, 6) is 0.0426. The van der Waals surface area contributed by atoms with Crippen LogP contribution < -0.4 is 11.1 Å². The van der Waals surface area contributed by atoms with Gasteiger partial charge >= 0.3 is 12.7 Å². The van der Waals surface area contributed by atoms with Crippen LogP contribution in [0.1, 0.15) is 12.1 Å². The van der Waals surface area contributed by atoms with Crippen molar-refractivity contribution in [2.45, 2.75) is 6.43 Å². The summed E-state index contributed by atoms with van der Waals surface area (Å²) in [4.78, 5) is 11.8.